The maximum absolute atomic E-state index is 14.1. The van der Waals surface area contributed by atoms with Crippen molar-refractivity contribution in [2.45, 2.75) is 45.0 Å². The maximum Gasteiger partial charge on any atom is 0.334 e. The van der Waals surface area contributed by atoms with Gasteiger partial charge in [0, 0.05) is 5.92 Å². The second-order valence-electron chi connectivity index (χ2n) is 9.92. The van der Waals surface area contributed by atoms with Gasteiger partial charge in [0.25, 0.3) is 10.1 Å². The molecule has 0 aliphatic heterocycles. The van der Waals surface area contributed by atoms with Crippen LogP contribution in [-0.4, -0.2) is 42.8 Å². The van der Waals surface area contributed by atoms with Gasteiger partial charge in [-0.1, -0.05) is 85.3 Å². The summed E-state index contributed by atoms with van der Waals surface area (Å²) in [5, 5.41) is 20.2. The van der Waals surface area contributed by atoms with Gasteiger partial charge in [-0.05, 0) is 37.1 Å². The number of benzene rings is 3. The summed E-state index contributed by atoms with van der Waals surface area (Å²) in [4.78, 5) is 24.6. The number of aliphatic carboxylic acids is 2. The highest BCUT2D eigenvalue weighted by Crippen LogP contribution is 2.56. The first kappa shape index (κ1) is 32.2. The van der Waals surface area contributed by atoms with Crippen molar-refractivity contribution >= 4 is 29.7 Å². The van der Waals surface area contributed by atoms with E-state index in [2.05, 4.69) is 0 Å². The summed E-state index contributed by atoms with van der Waals surface area (Å²) < 4.78 is 56.5. The van der Waals surface area contributed by atoms with E-state index < -0.39 is 53.3 Å². The molecular formula is C29H33O10PS. The molecular weight excluding hydrogens is 571 g/mol. The van der Waals surface area contributed by atoms with E-state index in [-0.39, 0.29) is 18.1 Å². The van der Waals surface area contributed by atoms with Gasteiger partial charge in [0.15, 0.2) is 6.10 Å². The number of hydrogen-bond acceptors (Lipinski definition) is 8. The SMILES string of the molecule is Cc1ccc(S(=O)(=O)O[C@H](C(=O)O)C(C)[C@@](C)(CP(=O)(OCc2ccccc2)OCc2ccccc2)C(=O)O)cc1. The molecule has 1 unspecified atom stereocenters. The van der Waals surface area contributed by atoms with Gasteiger partial charge in [-0.25, -0.2) is 4.79 Å². The Morgan fingerprint density at radius 2 is 1.32 bits per heavy atom. The van der Waals surface area contributed by atoms with E-state index in [1.165, 1.54) is 38.1 Å². The molecule has 0 aliphatic rings. The summed E-state index contributed by atoms with van der Waals surface area (Å²) in [5.41, 5.74) is -0.0456. The Morgan fingerprint density at radius 1 is 0.854 bits per heavy atom. The topological polar surface area (TPSA) is 154 Å². The molecule has 10 nitrogen and oxygen atoms in total. The molecule has 12 heteroatoms. The van der Waals surface area contributed by atoms with E-state index in [1.807, 2.05) is 0 Å². The summed E-state index contributed by atoms with van der Waals surface area (Å²) in [6.45, 7) is 3.80. The first-order valence-electron chi connectivity index (χ1n) is 12.7. The highest BCUT2D eigenvalue weighted by Gasteiger charge is 2.52. The molecule has 3 aromatic carbocycles. The molecule has 0 aliphatic carbocycles. The summed E-state index contributed by atoms with van der Waals surface area (Å²) in [7, 11) is -8.84. The molecule has 0 radical (unpaired) electrons. The third kappa shape index (κ3) is 8.58. The smallest absolute Gasteiger partial charge is 0.334 e. The normalized spacial score (nSPS) is 15.0. The van der Waals surface area contributed by atoms with Gasteiger partial charge in [0.2, 0.25) is 0 Å². The van der Waals surface area contributed by atoms with Crippen LogP contribution in [0.3, 0.4) is 0 Å². The quantitative estimate of drug-likeness (QED) is 0.168. The maximum atomic E-state index is 14.1. The second kappa shape index (κ2) is 13.5. The van der Waals surface area contributed by atoms with Crippen molar-refractivity contribution in [3.8, 4) is 0 Å². The van der Waals surface area contributed by atoms with E-state index in [0.29, 0.717) is 11.1 Å². The Morgan fingerprint density at radius 3 is 1.73 bits per heavy atom. The van der Waals surface area contributed by atoms with Crippen LogP contribution in [0.4, 0.5) is 0 Å². The van der Waals surface area contributed by atoms with Gasteiger partial charge in [0.05, 0.1) is 29.7 Å². The van der Waals surface area contributed by atoms with E-state index in [1.54, 1.807) is 67.6 Å². The lowest BCUT2D eigenvalue weighted by molar-refractivity contribution is -0.158. The Balaban J connectivity index is 1.93. The molecule has 41 heavy (non-hydrogen) atoms. The molecule has 3 atom stereocenters. The monoisotopic (exact) mass is 604 g/mol. The number of rotatable bonds is 15. The van der Waals surface area contributed by atoms with Crippen LogP contribution in [0.1, 0.15) is 30.5 Å². The van der Waals surface area contributed by atoms with E-state index in [9.17, 15) is 32.8 Å². The number of carbonyl (C=O) groups is 2. The molecule has 0 saturated carbocycles. The minimum absolute atomic E-state index is 0.169. The standard InChI is InChI=1S/C29H33O10PS/c1-21-14-16-25(17-15-21)41(35,36)39-26(27(30)31)22(2)29(3,28(32)33)20-40(34,37-18-23-10-6-4-7-11-23)38-19-24-12-8-5-9-13-24/h4-17,22,26H,18-20H2,1-3H3,(H,30,31)(H,32,33)/t22?,26-,29+/m0/s1. The number of carboxylic acids is 2. The molecule has 2 N–H and O–H groups in total. The van der Waals surface area contributed by atoms with Gasteiger partial charge in [-0.2, -0.15) is 8.42 Å². The third-order valence-corrected chi connectivity index (χ3v) is 10.2. The van der Waals surface area contributed by atoms with Crippen molar-refractivity contribution in [3.63, 3.8) is 0 Å². The van der Waals surface area contributed by atoms with E-state index >= 15 is 0 Å². The van der Waals surface area contributed by atoms with Crippen LogP contribution in [-0.2, 0) is 50.7 Å². The zero-order chi connectivity index (χ0) is 30.3. The van der Waals surface area contributed by atoms with Gasteiger partial charge >= 0.3 is 19.5 Å². The largest absolute Gasteiger partial charge is 0.481 e. The van der Waals surface area contributed by atoms with Gasteiger partial charge in [-0.15, -0.1) is 0 Å². The molecule has 0 heterocycles. The van der Waals surface area contributed by atoms with E-state index in [4.69, 9.17) is 13.2 Å². The van der Waals surface area contributed by atoms with Crippen LogP contribution >= 0.6 is 7.60 Å². The predicted molar refractivity (Wildman–Crippen MR) is 151 cm³/mol. The van der Waals surface area contributed by atoms with Gasteiger partial charge in [0.1, 0.15) is 0 Å². The van der Waals surface area contributed by atoms with Crippen molar-refractivity contribution in [2.75, 3.05) is 6.16 Å². The molecule has 0 spiro atoms. The minimum atomic E-state index is -4.59. The highest BCUT2D eigenvalue weighted by atomic mass is 32.2. The molecule has 0 aromatic heterocycles. The average Bonchev–Trinajstić information content (AvgIpc) is 2.94. The van der Waals surface area contributed by atoms with Crippen molar-refractivity contribution in [1.29, 1.82) is 0 Å². The molecule has 0 saturated heterocycles. The zero-order valence-electron chi connectivity index (χ0n) is 22.9. The Labute approximate surface area is 239 Å². The Bertz CT molecular complexity index is 1430. The summed E-state index contributed by atoms with van der Waals surface area (Å²) in [6.07, 6.45) is -2.88. The number of aryl methyl sites for hydroxylation is 1. The van der Waals surface area contributed by atoms with Gasteiger partial charge in [-0.3, -0.25) is 13.5 Å². The van der Waals surface area contributed by atoms with Crippen LogP contribution in [0, 0.1) is 18.3 Å². The third-order valence-electron chi connectivity index (χ3n) is 6.79. The van der Waals surface area contributed by atoms with E-state index in [0.717, 1.165) is 5.56 Å². The lowest BCUT2D eigenvalue weighted by atomic mass is 9.76. The van der Waals surface area contributed by atoms with Crippen molar-refractivity contribution in [1.82, 2.24) is 0 Å². The summed E-state index contributed by atoms with van der Waals surface area (Å²) in [5.74, 6) is -4.74. The molecule has 0 amide bonds. The lowest BCUT2D eigenvalue weighted by Crippen LogP contribution is -2.47. The Kier molecular flexibility index (Phi) is 10.6. The Hall–Kier alpha value is -3.34. The number of hydrogen-bond donors (Lipinski definition) is 2. The van der Waals surface area contributed by atoms with Crippen LogP contribution < -0.4 is 0 Å². The fourth-order valence-electron chi connectivity index (χ4n) is 4.00. The van der Waals surface area contributed by atoms with Gasteiger partial charge < -0.3 is 19.3 Å². The first-order valence-corrected chi connectivity index (χ1v) is 15.8. The summed E-state index contributed by atoms with van der Waals surface area (Å²) in [6, 6.07) is 23.0. The van der Waals surface area contributed by atoms with Crippen molar-refractivity contribution in [2.24, 2.45) is 11.3 Å². The molecule has 0 bridgehead atoms. The second-order valence-corrected chi connectivity index (χ2v) is 13.5. The van der Waals surface area contributed by atoms with Crippen LogP contribution in [0.15, 0.2) is 89.8 Å². The first-order chi connectivity index (χ1) is 19.3. The van der Waals surface area contributed by atoms with Crippen LogP contribution in [0.5, 0.6) is 0 Å². The zero-order valence-corrected chi connectivity index (χ0v) is 24.6. The molecule has 3 rings (SSSR count). The van der Waals surface area contributed by atoms with Crippen LogP contribution in [0.2, 0.25) is 0 Å². The average molecular weight is 605 g/mol. The number of carboxylic acid groups (broad SMARTS) is 2. The molecule has 3 aromatic rings. The fourth-order valence-corrected chi connectivity index (χ4v) is 7.28. The van der Waals surface area contributed by atoms with Crippen molar-refractivity contribution in [3.05, 3.63) is 102 Å². The lowest BCUT2D eigenvalue weighted by Gasteiger charge is -2.36. The summed E-state index contributed by atoms with van der Waals surface area (Å²) >= 11 is 0. The highest BCUT2D eigenvalue weighted by molar-refractivity contribution is 7.86. The predicted octanol–water partition coefficient (Wildman–Crippen LogP) is 5.51. The van der Waals surface area contributed by atoms with Crippen molar-refractivity contribution < 1.29 is 46.0 Å². The van der Waals surface area contributed by atoms with Crippen LogP contribution in [0.25, 0.3) is 0 Å². The fraction of sp³-hybridized carbons (Fsp3) is 0.310. The minimum Gasteiger partial charge on any atom is -0.481 e. The molecule has 0 fully saturated rings. The molecule has 220 valence electrons.